The van der Waals surface area contributed by atoms with E-state index in [-0.39, 0.29) is 6.10 Å². The van der Waals surface area contributed by atoms with E-state index >= 15 is 0 Å². The number of fused-ring (bicyclic) bond motifs is 1. The van der Waals surface area contributed by atoms with Crippen molar-refractivity contribution in [3.05, 3.63) is 35.2 Å². The van der Waals surface area contributed by atoms with Crippen molar-refractivity contribution in [1.29, 1.82) is 0 Å². The van der Waals surface area contributed by atoms with Crippen LogP contribution in [-0.2, 0) is 11.2 Å². The van der Waals surface area contributed by atoms with Gasteiger partial charge >= 0.3 is 0 Å². The van der Waals surface area contributed by atoms with Gasteiger partial charge in [0.05, 0.1) is 18.8 Å². The van der Waals surface area contributed by atoms with Crippen molar-refractivity contribution < 1.29 is 9.84 Å². The fraction of sp³-hybridized carbons (Fsp3) is 0.467. The molecule has 1 aliphatic rings. The lowest BCUT2D eigenvalue weighted by Gasteiger charge is -2.16. The van der Waals surface area contributed by atoms with Crippen LogP contribution in [0.25, 0.3) is 10.1 Å². The fourth-order valence-electron chi connectivity index (χ4n) is 2.70. The second-order valence-electron chi connectivity index (χ2n) is 5.17. The van der Waals surface area contributed by atoms with Gasteiger partial charge in [-0.25, -0.2) is 0 Å². The fourth-order valence-corrected chi connectivity index (χ4v) is 3.68. The topological polar surface area (TPSA) is 29.5 Å². The van der Waals surface area contributed by atoms with Crippen LogP contribution in [0, 0.1) is 5.92 Å². The molecule has 0 bridgehead atoms. The Labute approximate surface area is 111 Å². The second-order valence-corrected chi connectivity index (χ2v) is 6.08. The predicted octanol–water partition coefficient (Wildman–Crippen LogP) is 3.23. The standard InChI is InChI=1S/C15H18O2S/c1-10-6-11(8-17-10)14(16)7-12-9-18-15-5-3-2-4-13(12)15/h2-5,9-11,14,16H,6-8H2,1H3. The summed E-state index contributed by atoms with van der Waals surface area (Å²) in [6.07, 6.45) is 1.73. The lowest BCUT2D eigenvalue weighted by atomic mass is 9.94. The van der Waals surface area contributed by atoms with Crippen LogP contribution in [0.15, 0.2) is 29.6 Å². The molecule has 2 heterocycles. The van der Waals surface area contributed by atoms with Gasteiger partial charge in [-0.05, 0) is 35.7 Å². The lowest BCUT2D eigenvalue weighted by molar-refractivity contribution is 0.0809. The number of hydrogen-bond donors (Lipinski definition) is 1. The number of benzene rings is 1. The molecule has 1 N–H and O–H groups in total. The van der Waals surface area contributed by atoms with E-state index in [1.165, 1.54) is 15.6 Å². The first-order valence-corrected chi connectivity index (χ1v) is 7.37. The summed E-state index contributed by atoms with van der Waals surface area (Å²) in [4.78, 5) is 0. The molecule has 0 saturated carbocycles. The van der Waals surface area contributed by atoms with Gasteiger partial charge in [0.15, 0.2) is 0 Å². The summed E-state index contributed by atoms with van der Waals surface area (Å²) < 4.78 is 6.84. The first-order chi connectivity index (χ1) is 8.74. The van der Waals surface area contributed by atoms with Crippen molar-refractivity contribution in [2.24, 2.45) is 5.92 Å². The van der Waals surface area contributed by atoms with Crippen molar-refractivity contribution in [3.8, 4) is 0 Å². The van der Waals surface area contributed by atoms with Crippen LogP contribution in [0.5, 0.6) is 0 Å². The van der Waals surface area contributed by atoms with Crippen molar-refractivity contribution >= 4 is 21.4 Å². The average Bonchev–Trinajstić information content (AvgIpc) is 2.97. The number of aliphatic hydroxyl groups excluding tert-OH is 1. The van der Waals surface area contributed by atoms with E-state index in [0.29, 0.717) is 18.6 Å². The van der Waals surface area contributed by atoms with E-state index in [9.17, 15) is 5.11 Å². The van der Waals surface area contributed by atoms with Crippen molar-refractivity contribution in [2.75, 3.05) is 6.61 Å². The molecule has 0 amide bonds. The molecular formula is C15H18O2S. The minimum Gasteiger partial charge on any atom is -0.392 e. The predicted molar refractivity (Wildman–Crippen MR) is 75.1 cm³/mol. The molecule has 0 spiro atoms. The Hall–Kier alpha value is -0.900. The summed E-state index contributed by atoms with van der Waals surface area (Å²) in [5.74, 6) is 0.290. The first-order valence-electron chi connectivity index (χ1n) is 6.49. The van der Waals surface area contributed by atoms with E-state index in [1.807, 2.05) is 0 Å². The molecule has 1 aromatic heterocycles. The van der Waals surface area contributed by atoms with Gasteiger partial charge in [0.25, 0.3) is 0 Å². The van der Waals surface area contributed by atoms with Gasteiger partial charge in [-0.3, -0.25) is 0 Å². The Morgan fingerprint density at radius 2 is 2.28 bits per heavy atom. The highest BCUT2D eigenvalue weighted by Gasteiger charge is 2.28. The van der Waals surface area contributed by atoms with Crippen LogP contribution in [0.2, 0.25) is 0 Å². The quantitative estimate of drug-likeness (QED) is 0.920. The molecule has 3 rings (SSSR count). The average molecular weight is 262 g/mol. The maximum atomic E-state index is 10.3. The van der Waals surface area contributed by atoms with Crippen LogP contribution >= 0.6 is 11.3 Å². The number of hydrogen-bond acceptors (Lipinski definition) is 3. The molecule has 18 heavy (non-hydrogen) atoms. The van der Waals surface area contributed by atoms with Crippen LogP contribution < -0.4 is 0 Å². The Bertz CT molecular complexity index is 534. The molecule has 3 atom stereocenters. The second kappa shape index (κ2) is 5.00. The third kappa shape index (κ3) is 2.30. The summed E-state index contributed by atoms with van der Waals surface area (Å²) in [5, 5.41) is 13.8. The van der Waals surface area contributed by atoms with E-state index in [2.05, 4.69) is 36.6 Å². The van der Waals surface area contributed by atoms with Crippen molar-refractivity contribution in [3.63, 3.8) is 0 Å². The van der Waals surface area contributed by atoms with E-state index in [1.54, 1.807) is 11.3 Å². The minimum absolute atomic E-state index is 0.284. The van der Waals surface area contributed by atoms with Crippen LogP contribution in [0.1, 0.15) is 18.9 Å². The molecule has 1 saturated heterocycles. The van der Waals surface area contributed by atoms with Crippen molar-refractivity contribution in [2.45, 2.75) is 32.0 Å². The normalized spacial score (nSPS) is 25.7. The molecular weight excluding hydrogens is 244 g/mol. The molecule has 96 valence electrons. The van der Waals surface area contributed by atoms with E-state index in [0.717, 1.165) is 12.8 Å². The first kappa shape index (κ1) is 12.2. The maximum absolute atomic E-state index is 10.3. The zero-order valence-electron chi connectivity index (χ0n) is 10.5. The number of ether oxygens (including phenoxy) is 1. The molecule has 1 fully saturated rings. The summed E-state index contributed by atoms with van der Waals surface area (Å²) in [6.45, 7) is 2.77. The minimum atomic E-state index is -0.284. The monoisotopic (exact) mass is 262 g/mol. The smallest absolute Gasteiger partial charge is 0.0632 e. The Morgan fingerprint density at radius 3 is 3.06 bits per heavy atom. The molecule has 2 nitrogen and oxygen atoms in total. The number of aliphatic hydroxyl groups is 1. The Balaban J connectivity index is 1.76. The summed E-state index contributed by atoms with van der Waals surface area (Å²) >= 11 is 1.76. The third-order valence-corrected chi connectivity index (χ3v) is 4.78. The molecule has 1 aliphatic heterocycles. The summed E-state index contributed by atoms with van der Waals surface area (Å²) in [7, 11) is 0. The van der Waals surface area contributed by atoms with Gasteiger partial charge < -0.3 is 9.84 Å². The summed E-state index contributed by atoms with van der Waals surface area (Å²) in [6, 6.07) is 8.40. The highest BCUT2D eigenvalue weighted by atomic mass is 32.1. The third-order valence-electron chi connectivity index (χ3n) is 3.76. The molecule has 2 aromatic rings. The molecule has 3 unspecified atom stereocenters. The van der Waals surface area contributed by atoms with Gasteiger partial charge in [-0.15, -0.1) is 11.3 Å². The maximum Gasteiger partial charge on any atom is 0.0632 e. The Morgan fingerprint density at radius 1 is 1.44 bits per heavy atom. The van der Waals surface area contributed by atoms with Crippen molar-refractivity contribution in [1.82, 2.24) is 0 Å². The molecule has 0 radical (unpaired) electrons. The van der Waals surface area contributed by atoms with Crippen LogP contribution in [-0.4, -0.2) is 23.9 Å². The Kier molecular flexibility index (Phi) is 3.37. The lowest BCUT2D eigenvalue weighted by Crippen LogP contribution is -2.23. The number of rotatable bonds is 3. The van der Waals surface area contributed by atoms with Crippen LogP contribution in [0.4, 0.5) is 0 Å². The zero-order chi connectivity index (χ0) is 12.5. The highest BCUT2D eigenvalue weighted by molar-refractivity contribution is 7.17. The largest absolute Gasteiger partial charge is 0.392 e. The van der Waals surface area contributed by atoms with Gasteiger partial charge in [-0.2, -0.15) is 0 Å². The van der Waals surface area contributed by atoms with Gasteiger partial charge in [0.1, 0.15) is 0 Å². The highest BCUT2D eigenvalue weighted by Crippen LogP contribution is 2.30. The van der Waals surface area contributed by atoms with Gasteiger partial charge in [0.2, 0.25) is 0 Å². The molecule has 1 aromatic carbocycles. The summed E-state index contributed by atoms with van der Waals surface area (Å²) in [5.41, 5.74) is 1.27. The van der Waals surface area contributed by atoms with E-state index in [4.69, 9.17) is 4.74 Å². The molecule has 0 aliphatic carbocycles. The van der Waals surface area contributed by atoms with E-state index < -0.39 is 0 Å². The van der Waals surface area contributed by atoms with Gasteiger partial charge in [0, 0.05) is 17.0 Å². The number of thiophene rings is 1. The van der Waals surface area contributed by atoms with Crippen LogP contribution in [0.3, 0.4) is 0 Å². The zero-order valence-corrected chi connectivity index (χ0v) is 11.3. The molecule has 3 heteroatoms. The SMILES string of the molecule is CC1CC(C(O)Cc2csc3ccccc23)CO1. The van der Waals surface area contributed by atoms with Gasteiger partial charge in [-0.1, -0.05) is 18.2 Å².